The number of carbonyl (C=O) groups excluding carboxylic acids is 1. The van der Waals surface area contributed by atoms with Gasteiger partial charge in [0.05, 0.1) is 11.2 Å². The van der Waals surface area contributed by atoms with E-state index in [4.69, 9.17) is 0 Å². The van der Waals surface area contributed by atoms with Gasteiger partial charge < -0.3 is 0 Å². The zero-order chi connectivity index (χ0) is 20.1. The van der Waals surface area contributed by atoms with E-state index in [1.54, 1.807) is 0 Å². The summed E-state index contributed by atoms with van der Waals surface area (Å²) >= 11 is 0. The molecule has 4 nitrogen and oxygen atoms in total. The van der Waals surface area contributed by atoms with Crippen LogP contribution in [0, 0.1) is 6.92 Å². The van der Waals surface area contributed by atoms with Crippen LogP contribution in [0.15, 0.2) is 72.9 Å². The van der Waals surface area contributed by atoms with Gasteiger partial charge in [0.1, 0.15) is 0 Å². The molecule has 0 aliphatic rings. The summed E-state index contributed by atoms with van der Waals surface area (Å²) in [6.45, 7) is 1.94. The maximum absolute atomic E-state index is 12.8. The van der Waals surface area contributed by atoms with Crippen LogP contribution in [0.5, 0.6) is 0 Å². The largest absolute Gasteiger partial charge is 0.294 e. The molecule has 29 heavy (non-hydrogen) atoms. The Morgan fingerprint density at radius 1 is 0.931 bits per heavy atom. The fraction of sp³-hybridized carbons (Fsp3) is 0.240. The maximum atomic E-state index is 12.8. The predicted octanol–water partition coefficient (Wildman–Crippen LogP) is 5.71. The van der Waals surface area contributed by atoms with E-state index in [0.29, 0.717) is 6.42 Å². The molecule has 2 heterocycles. The molecule has 0 atom stereocenters. The van der Waals surface area contributed by atoms with Gasteiger partial charge in [-0.3, -0.25) is 9.78 Å². The van der Waals surface area contributed by atoms with Crippen LogP contribution in [-0.4, -0.2) is 20.5 Å². The molecule has 0 fully saturated rings. The van der Waals surface area contributed by atoms with Gasteiger partial charge >= 0.3 is 0 Å². The van der Waals surface area contributed by atoms with Crippen LogP contribution in [-0.2, 0) is 6.42 Å². The van der Waals surface area contributed by atoms with Gasteiger partial charge in [0, 0.05) is 35.0 Å². The second-order valence-electron chi connectivity index (χ2n) is 7.38. The van der Waals surface area contributed by atoms with E-state index < -0.39 is 0 Å². The molecule has 146 valence electrons. The highest BCUT2D eigenvalue weighted by Crippen LogP contribution is 2.21. The number of fused-ring (bicyclic) bond motifs is 1. The molecular formula is C25H25N3O. The zero-order valence-corrected chi connectivity index (χ0v) is 16.7. The van der Waals surface area contributed by atoms with Gasteiger partial charge in [0.25, 0.3) is 0 Å². The smallest absolute Gasteiger partial charge is 0.163 e. The first kappa shape index (κ1) is 19.1. The Hall–Kier alpha value is -3.27. The van der Waals surface area contributed by atoms with Gasteiger partial charge in [-0.15, -0.1) is 0 Å². The second-order valence-corrected chi connectivity index (χ2v) is 7.38. The fourth-order valence-electron chi connectivity index (χ4n) is 3.76. The third-order valence-corrected chi connectivity index (χ3v) is 5.20. The number of aromatic nitrogens is 3. The van der Waals surface area contributed by atoms with E-state index in [2.05, 4.69) is 28.3 Å². The van der Waals surface area contributed by atoms with Gasteiger partial charge in [-0.25, -0.2) is 4.68 Å². The van der Waals surface area contributed by atoms with Crippen LogP contribution in [0.25, 0.3) is 16.6 Å². The summed E-state index contributed by atoms with van der Waals surface area (Å²) in [5.41, 5.74) is 4.88. The van der Waals surface area contributed by atoms with Crippen molar-refractivity contribution in [1.82, 2.24) is 14.8 Å². The Kier molecular flexibility index (Phi) is 5.80. The fourth-order valence-corrected chi connectivity index (χ4v) is 3.76. The van der Waals surface area contributed by atoms with Gasteiger partial charge in [-0.2, -0.15) is 5.10 Å². The molecule has 0 radical (unpaired) electrons. The molecule has 0 amide bonds. The summed E-state index contributed by atoms with van der Waals surface area (Å²) in [6, 6.07) is 22.1. The summed E-state index contributed by atoms with van der Waals surface area (Å²) in [4.78, 5) is 17.3. The van der Waals surface area contributed by atoms with Crippen LogP contribution >= 0.6 is 0 Å². The molecule has 0 spiro atoms. The minimum atomic E-state index is 0.209. The quantitative estimate of drug-likeness (QED) is 0.289. The SMILES string of the molecule is Cc1cc(C(=O)CCCCCc2ccnn2-c2ccccc2)c2ccccc2n1. The highest BCUT2D eigenvalue weighted by atomic mass is 16.1. The van der Waals surface area contributed by atoms with Crippen molar-refractivity contribution < 1.29 is 4.79 Å². The first-order valence-corrected chi connectivity index (χ1v) is 10.2. The zero-order valence-electron chi connectivity index (χ0n) is 16.7. The number of aryl methyl sites for hydroxylation is 2. The van der Waals surface area contributed by atoms with E-state index in [-0.39, 0.29) is 5.78 Å². The van der Waals surface area contributed by atoms with Gasteiger partial charge in [-0.05, 0) is 56.5 Å². The third kappa shape index (κ3) is 4.43. The molecule has 0 saturated carbocycles. The van der Waals surface area contributed by atoms with Crippen LogP contribution in [0.2, 0.25) is 0 Å². The summed E-state index contributed by atoms with van der Waals surface area (Å²) in [6.07, 6.45) is 6.35. The summed E-state index contributed by atoms with van der Waals surface area (Å²) < 4.78 is 2.00. The van der Waals surface area contributed by atoms with Gasteiger partial charge in [-0.1, -0.05) is 42.8 Å². The molecular weight excluding hydrogens is 358 g/mol. The average molecular weight is 383 g/mol. The lowest BCUT2D eigenvalue weighted by Gasteiger charge is -2.08. The van der Waals surface area contributed by atoms with Crippen molar-refractivity contribution in [2.45, 2.75) is 39.0 Å². The minimum Gasteiger partial charge on any atom is -0.294 e. The lowest BCUT2D eigenvalue weighted by atomic mass is 9.99. The van der Waals surface area contributed by atoms with Crippen LogP contribution in [0.4, 0.5) is 0 Å². The van der Waals surface area contributed by atoms with Crippen LogP contribution < -0.4 is 0 Å². The molecule has 4 aromatic rings. The number of Topliss-reactive ketones (excluding diaryl/α,β-unsaturated/α-hetero) is 1. The van der Waals surface area contributed by atoms with E-state index in [0.717, 1.165) is 53.5 Å². The first-order valence-electron chi connectivity index (χ1n) is 10.2. The standard InChI is InChI=1S/C25H25N3O/c1-19-18-23(22-13-8-9-14-24(22)27-19)25(29)15-7-3-6-12-21-16-17-26-28(21)20-10-4-2-5-11-20/h2,4-5,8-11,13-14,16-18H,3,6-7,12,15H2,1H3. The van der Waals surface area contributed by atoms with Crippen molar-refractivity contribution in [2.24, 2.45) is 0 Å². The number of benzene rings is 2. The van der Waals surface area contributed by atoms with Crippen molar-refractivity contribution in [1.29, 1.82) is 0 Å². The number of nitrogens with zero attached hydrogens (tertiary/aromatic N) is 3. The summed E-state index contributed by atoms with van der Waals surface area (Å²) in [5.74, 6) is 0.209. The number of pyridine rings is 1. The molecule has 0 unspecified atom stereocenters. The summed E-state index contributed by atoms with van der Waals surface area (Å²) in [7, 11) is 0. The number of para-hydroxylation sites is 2. The minimum absolute atomic E-state index is 0.209. The number of unbranched alkanes of at least 4 members (excludes halogenated alkanes) is 2. The summed E-state index contributed by atoms with van der Waals surface area (Å²) in [5, 5.41) is 5.40. The van der Waals surface area contributed by atoms with E-state index in [1.807, 2.05) is 66.3 Å². The number of hydrogen-bond donors (Lipinski definition) is 0. The van der Waals surface area contributed by atoms with Crippen molar-refractivity contribution >= 4 is 16.7 Å². The number of hydrogen-bond acceptors (Lipinski definition) is 3. The Labute approximate surface area is 171 Å². The average Bonchev–Trinajstić information content (AvgIpc) is 3.22. The number of ketones is 1. The van der Waals surface area contributed by atoms with Crippen LogP contribution in [0.3, 0.4) is 0 Å². The lowest BCUT2D eigenvalue weighted by Crippen LogP contribution is -2.03. The number of carbonyl (C=O) groups is 1. The van der Waals surface area contributed by atoms with Crippen molar-refractivity contribution in [3.05, 3.63) is 89.9 Å². The number of rotatable bonds is 8. The Bertz CT molecular complexity index is 1120. The van der Waals surface area contributed by atoms with E-state index in [9.17, 15) is 4.79 Å². The lowest BCUT2D eigenvalue weighted by molar-refractivity contribution is 0.0980. The first-order chi connectivity index (χ1) is 14.2. The molecule has 4 heteroatoms. The maximum Gasteiger partial charge on any atom is 0.163 e. The van der Waals surface area contributed by atoms with E-state index in [1.165, 1.54) is 5.69 Å². The molecule has 0 aliphatic heterocycles. The topological polar surface area (TPSA) is 47.8 Å². The van der Waals surface area contributed by atoms with Gasteiger partial charge in [0.2, 0.25) is 0 Å². The highest BCUT2D eigenvalue weighted by Gasteiger charge is 2.12. The highest BCUT2D eigenvalue weighted by molar-refractivity contribution is 6.07. The Balaban J connectivity index is 1.32. The Morgan fingerprint density at radius 3 is 2.59 bits per heavy atom. The second kappa shape index (κ2) is 8.82. The third-order valence-electron chi connectivity index (χ3n) is 5.20. The normalized spacial score (nSPS) is 11.1. The van der Waals surface area contributed by atoms with Gasteiger partial charge in [0.15, 0.2) is 5.78 Å². The van der Waals surface area contributed by atoms with Crippen molar-refractivity contribution in [3.8, 4) is 5.69 Å². The predicted molar refractivity (Wildman–Crippen MR) is 117 cm³/mol. The monoisotopic (exact) mass is 383 g/mol. The molecule has 0 N–H and O–H groups in total. The molecule has 0 saturated heterocycles. The van der Waals surface area contributed by atoms with Crippen LogP contribution in [0.1, 0.15) is 47.4 Å². The molecule has 4 rings (SSSR count). The molecule has 0 bridgehead atoms. The van der Waals surface area contributed by atoms with Crippen molar-refractivity contribution in [2.75, 3.05) is 0 Å². The molecule has 0 aliphatic carbocycles. The Morgan fingerprint density at radius 2 is 1.72 bits per heavy atom. The molecule has 2 aromatic carbocycles. The van der Waals surface area contributed by atoms with Crippen molar-refractivity contribution in [3.63, 3.8) is 0 Å². The molecule has 2 aromatic heterocycles. The van der Waals surface area contributed by atoms with E-state index >= 15 is 0 Å².